The highest BCUT2D eigenvalue weighted by Crippen LogP contribution is 2.23. The van der Waals surface area contributed by atoms with E-state index in [0.717, 1.165) is 11.3 Å². The molecule has 100 valence electrons. The van der Waals surface area contributed by atoms with Crippen molar-refractivity contribution in [1.29, 1.82) is 0 Å². The number of aryl methyl sites for hydroxylation is 1. The van der Waals surface area contributed by atoms with Crippen LogP contribution in [-0.4, -0.2) is 6.54 Å². The largest absolute Gasteiger partial charge is 0.377 e. The summed E-state index contributed by atoms with van der Waals surface area (Å²) in [5.74, 6) is -0.424. The number of hydrogen-bond donors (Lipinski definition) is 2. The lowest BCUT2D eigenvalue weighted by Gasteiger charge is -2.19. The molecular formula is C15H16ClFN2. The minimum absolute atomic E-state index is 0.0258. The molecule has 0 saturated heterocycles. The zero-order valence-corrected chi connectivity index (χ0v) is 11.4. The van der Waals surface area contributed by atoms with Gasteiger partial charge in [0.25, 0.3) is 0 Å². The Hall–Kier alpha value is -1.58. The molecule has 0 aromatic heterocycles. The average molecular weight is 279 g/mol. The fourth-order valence-corrected chi connectivity index (χ4v) is 2.04. The predicted molar refractivity (Wildman–Crippen MR) is 78.0 cm³/mol. The zero-order valence-electron chi connectivity index (χ0n) is 10.7. The van der Waals surface area contributed by atoms with Crippen molar-refractivity contribution in [2.45, 2.75) is 13.0 Å². The first-order valence-corrected chi connectivity index (χ1v) is 6.46. The SMILES string of the molecule is Cc1ccc(C(CN)Nc2ccc(F)c(Cl)c2)cc1. The summed E-state index contributed by atoms with van der Waals surface area (Å²) in [5, 5.41) is 3.36. The summed E-state index contributed by atoms with van der Waals surface area (Å²) in [5.41, 5.74) is 8.83. The Bertz CT molecular complexity index is 555. The lowest BCUT2D eigenvalue weighted by Crippen LogP contribution is -2.20. The van der Waals surface area contributed by atoms with Crippen LogP contribution in [0.2, 0.25) is 5.02 Å². The maximum atomic E-state index is 13.1. The molecule has 0 bridgehead atoms. The van der Waals surface area contributed by atoms with Gasteiger partial charge in [0.2, 0.25) is 0 Å². The summed E-state index contributed by atoms with van der Waals surface area (Å²) in [4.78, 5) is 0. The summed E-state index contributed by atoms with van der Waals surface area (Å²) in [6.45, 7) is 2.48. The van der Waals surface area contributed by atoms with Crippen LogP contribution < -0.4 is 11.1 Å². The van der Waals surface area contributed by atoms with E-state index >= 15 is 0 Å². The van der Waals surface area contributed by atoms with Crippen LogP contribution in [0.1, 0.15) is 17.2 Å². The van der Waals surface area contributed by atoms with Gasteiger partial charge in [-0.2, -0.15) is 0 Å². The summed E-state index contributed by atoms with van der Waals surface area (Å²) in [6.07, 6.45) is 0. The maximum Gasteiger partial charge on any atom is 0.141 e. The molecule has 3 N–H and O–H groups in total. The summed E-state index contributed by atoms with van der Waals surface area (Å²) < 4.78 is 13.1. The molecule has 0 spiro atoms. The number of rotatable bonds is 4. The first-order chi connectivity index (χ1) is 9.10. The Morgan fingerprint density at radius 2 is 1.89 bits per heavy atom. The van der Waals surface area contributed by atoms with Crippen LogP contribution >= 0.6 is 11.6 Å². The summed E-state index contributed by atoms with van der Waals surface area (Å²) in [7, 11) is 0. The quantitative estimate of drug-likeness (QED) is 0.890. The van der Waals surface area contributed by atoms with Crippen molar-refractivity contribution in [1.82, 2.24) is 0 Å². The van der Waals surface area contributed by atoms with E-state index in [0.29, 0.717) is 6.54 Å². The van der Waals surface area contributed by atoms with E-state index < -0.39 is 5.82 Å². The van der Waals surface area contributed by atoms with Crippen molar-refractivity contribution in [3.05, 3.63) is 64.4 Å². The van der Waals surface area contributed by atoms with Crippen molar-refractivity contribution in [3.63, 3.8) is 0 Å². The second-order valence-corrected chi connectivity index (χ2v) is 4.88. The van der Waals surface area contributed by atoms with E-state index in [-0.39, 0.29) is 11.1 Å². The minimum Gasteiger partial charge on any atom is -0.377 e. The molecule has 2 rings (SSSR count). The third kappa shape index (κ3) is 3.46. The Balaban J connectivity index is 2.18. The fraction of sp³-hybridized carbons (Fsp3) is 0.200. The zero-order chi connectivity index (χ0) is 13.8. The number of benzene rings is 2. The molecular weight excluding hydrogens is 263 g/mol. The van der Waals surface area contributed by atoms with Crippen molar-refractivity contribution in [3.8, 4) is 0 Å². The first-order valence-electron chi connectivity index (χ1n) is 6.08. The number of nitrogens with two attached hydrogens (primary N) is 1. The standard InChI is InChI=1S/C15H16ClFN2/c1-10-2-4-11(5-3-10)15(9-18)19-12-6-7-14(17)13(16)8-12/h2-8,15,19H,9,18H2,1H3. The minimum atomic E-state index is -0.424. The highest BCUT2D eigenvalue weighted by atomic mass is 35.5. The molecule has 0 fully saturated rings. The van der Waals surface area contributed by atoms with Crippen LogP contribution in [0.15, 0.2) is 42.5 Å². The van der Waals surface area contributed by atoms with Crippen molar-refractivity contribution < 1.29 is 4.39 Å². The van der Waals surface area contributed by atoms with Gasteiger partial charge in [0.15, 0.2) is 0 Å². The lowest BCUT2D eigenvalue weighted by atomic mass is 10.0. The molecule has 0 aliphatic carbocycles. The van der Waals surface area contributed by atoms with Gasteiger partial charge >= 0.3 is 0 Å². The smallest absolute Gasteiger partial charge is 0.141 e. The number of anilines is 1. The van der Waals surface area contributed by atoms with E-state index in [9.17, 15) is 4.39 Å². The topological polar surface area (TPSA) is 38.0 Å². The van der Waals surface area contributed by atoms with Crippen LogP contribution in [-0.2, 0) is 0 Å². The van der Waals surface area contributed by atoms with Gasteiger partial charge in [0.1, 0.15) is 5.82 Å². The molecule has 0 aliphatic heterocycles. The molecule has 2 nitrogen and oxygen atoms in total. The molecule has 0 amide bonds. The second-order valence-electron chi connectivity index (χ2n) is 4.47. The molecule has 0 aliphatic rings. The van der Waals surface area contributed by atoms with Crippen LogP contribution in [0.3, 0.4) is 0 Å². The number of halogens is 2. The molecule has 1 unspecified atom stereocenters. The molecule has 0 heterocycles. The molecule has 2 aromatic carbocycles. The Morgan fingerprint density at radius 1 is 1.21 bits per heavy atom. The average Bonchev–Trinajstić information content (AvgIpc) is 2.41. The van der Waals surface area contributed by atoms with E-state index in [1.54, 1.807) is 12.1 Å². The Kier molecular flexibility index (Phi) is 4.40. The molecule has 4 heteroatoms. The predicted octanol–water partition coefficient (Wildman–Crippen LogP) is 3.90. The van der Waals surface area contributed by atoms with E-state index in [1.165, 1.54) is 11.6 Å². The Morgan fingerprint density at radius 3 is 2.47 bits per heavy atom. The molecule has 0 radical (unpaired) electrons. The van der Waals surface area contributed by atoms with E-state index in [1.807, 2.05) is 31.2 Å². The second kappa shape index (κ2) is 6.04. The highest BCUT2D eigenvalue weighted by molar-refractivity contribution is 6.31. The number of nitrogens with one attached hydrogen (secondary N) is 1. The van der Waals surface area contributed by atoms with Gasteiger partial charge in [-0.15, -0.1) is 0 Å². The summed E-state index contributed by atoms with van der Waals surface area (Å²) in [6, 6.07) is 12.7. The molecule has 1 atom stereocenters. The Labute approximate surface area is 117 Å². The third-order valence-corrected chi connectivity index (χ3v) is 3.27. The van der Waals surface area contributed by atoms with Crippen molar-refractivity contribution in [2.24, 2.45) is 5.73 Å². The van der Waals surface area contributed by atoms with Gasteiger partial charge in [-0.25, -0.2) is 4.39 Å². The lowest BCUT2D eigenvalue weighted by molar-refractivity contribution is 0.628. The normalized spacial score (nSPS) is 12.2. The maximum absolute atomic E-state index is 13.1. The van der Waals surface area contributed by atoms with Crippen molar-refractivity contribution in [2.75, 3.05) is 11.9 Å². The highest BCUT2D eigenvalue weighted by Gasteiger charge is 2.10. The van der Waals surface area contributed by atoms with Crippen LogP contribution in [0.25, 0.3) is 0 Å². The first kappa shape index (κ1) is 13.8. The number of hydrogen-bond acceptors (Lipinski definition) is 2. The van der Waals surface area contributed by atoms with Crippen molar-refractivity contribution >= 4 is 17.3 Å². The summed E-state index contributed by atoms with van der Waals surface area (Å²) >= 11 is 5.76. The monoisotopic (exact) mass is 278 g/mol. The van der Waals surface area contributed by atoms with Crippen LogP contribution in [0, 0.1) is 12.7 Å². The van der Waals surface area contributed by atoms with Gasteiger partial charge in [0, 0.05) is 12.2 Å². The van der Waals surface area contributed by atoms with Crippen LogP contribution in [0.5, 0.6) is 0 Å². The molecule has 0 saturated carbocycles. The third-order valence-electron chi connectivity index (χ3n) is 2.98. The van der Waals surface area contributed by atoms with Gasteiger partial charge in [-0.3, -0.25) is 0 Å². The van der Waals surface area contributed by atoms with E-state index in [2.05, 4.69) is 5.32 Å². The fourth-order valence-electron chi connectivity index (χ4n) is 1.86. The van der Waals surface area contributed by atoms with Gasteiger partial charge in [-0.05, 0) is 30.7 Å². The van der Waals surface area contributed by atoms with Gasteiger partial charge in [-0.1, -0.05) is 41.4 Å². The van der Waals surface area contributed by atoms with E-state index in [4.69, 9.17) is 17.3 Å². The van der Waals surface area contributed by atoms with Gasteiger partial charge < -0.3 is 11.1 Å². The molecule has 19 heavy (non-hydrogen) atoms. The van der Waals surface area contributed by atoms with Crippen LogP contribution in [0.4, 0.5) is 10.1 Å². The van der Waals surface area contributed by atoms with Gasteiger partial charge in [0.05, 0.1) is 11.1 Å². The molecule has 2 aromatic rings.